The van der Waals surface area contributed by atoms with E-state index in [9.17, 15) is 93.9 Å². The predicted octanol–water partition coefficient (Wildman–Crippen LogP) is 4.17. The number of aliphatic hydroxyl groups excluding tert-OH is 9. The Labute approximate surface area is 730 Å². The van der Waals surface area contributed by atoms with E-state index in [1.165, 1.54) is 20.8 Å². The number of carbonyl (C=O) groups is 10. The molecule has 3 aliphatic heterocycles. The number of aliphatic hydroxyl groups is 9. The molecule has 3 rings (SSSR count). The fraction of sp³-hybridized carbons (Fsp3) is 0.888. The Morgan fingerprint density at radius 2 is 0.683 bits per heavy atom. The Hall–Kier alpha value is -5.06. The van der Waals surface area contributed by atoms with Crippen molar-refractivity contribution in [2.24, 2.45) is 10.8 Å². The van der Waals surface area contributed by atoms with Crippen LogP contribution in [0.4, 0.5) is 0 Å². The van der Waals surface area contributed by atoms with Gasteiger partial charge in [-0.3, -0.25) is 47.9 Å². The quantitative estimate of drug-likeness (QED) is 0.0380. The lowest BCUT2D eigenvalue weighted by Gasteiger charge is -2.48. The number of nitrogens with one attached hydrogen (secondary N) is 6. The van der Waals surface area contributed by atoms with Crippen molar-refractivity contribution in [3.8, 4) is 0 Å². The Bertz CT molecular complexity index is 2870. The summed E-state index contributed by atoms with van der Waals surface area (Å²) in [5, 5.41) is 111. The number of hydrogen-bond acceptors (Lipinski definition) is 29. The highest BCUT2D eigenvalue weighted by Crippen LogP contribution is 2.36. The molecule has 0 spiro atoms. The number of Topliss-reactive ketones (excluding diaryl/α,β-unsaturated/α-hetero) is 5. The van der Waals surface area contributed by atoms with Crippen LogP contribution in [-0.2, 0) is 90.6 Å². The third-order valence-electron chi connectivity index (χ3n) is 23.8. The molecule has 0 aliphatic carbocycles. The van der Waals surface area contributed by atoms with Crippen LogP contribution in [0.1, 0.15) is 284 Å². The zero-order valence-electron chi connectivity index (χ0n) is 76.9. The molecule has 123 heavy (non-hydrogen) atoms. The third-order valence-corrected chi connectivity index (χ3v) is 23.8. The summed E-state index contributed by atoms with van der Waals surface area (Å²) in [6, 6.07) is -3.01. The average molecular weight is 1760 g/mol. The van der Waals surface area contributed by atoms with Crippen LogP contribution in [0.15, 0.2) is 0 Å². The van der Waals surface area contributed by atoms with Crippen molar-refractivity contribution in [1.29, 1.82) is 0 Å². The summed E-state index contributed by atoms with van der Waals surface area (Å²) < 4.78 is 54.9. The minimum absolute atomic E-state index is 0.00479. The second kappa shape index (κ2) is 55.7. The summed E-state index contributed by atoms with van der Waals surface area (Å²) in [7, 11) is 0. The smallest absolute Gasteiger partial charge is 0.222 e. The van der Waals surface area contributed by atoms with Gasteiger partial charge in [0.1, 0.15) is 102 Å². The normalized spacial score (nSPS) is 24.1. The van der Waals surface area contributed by atoms with Crippen molar-refractivity contribution in [1.82, 2.24) is 31.9 Å². The number of unbranched alkanes of at least 4 members (excludes halogenated alkanes) is 9. The van der Waals surface area contributed by atoms with Crippen LogP contribution in [0.3, 0.4) is 0 Å². The van der Waals surface area contributed by atoms with E-state index in [2.05, 4.69) is 31.9 Å². The Morgan fingerprint density at radius 3 is 1.05 bits per heavy atom. The number of carbonyl (C=O) groups excluding carboxylic acids is 10. The van der Waals surface area contributed by atoms with Crippen molar-refractivity contribution in [2.45, 2.75) is 403 Å². The van der Waals surface area contributed by atoms with E-state index >= 15 is 0 Å². The molecular weight excluding hydrogens is 1600 g/mol. The van der Waals surface area contributed by atoms with E-state index in [4.69, 9.17) is 42.6 Å². The largest absolute Gasteiger partial charge is 0.394 e. The van der Waals surface area contributed by atoms with E-state index in [1.807, 2.05) is 34.6 Å². The highest BCUT2D eigenvalue weighted by Gasteiger charge is 2.54. The summed E-state index contributed by atoms with van der Waals surface area (Å²) in [6.45, 7) is 26.9. The number of ketones is 5. The molecule has 16 atom stereocenters. The van der Waals surface area contributed by atoms with Crippen LogP contribution in [-0.4, -0.2) is 316 Å². The monoisotopic (exact) mass is 1760 g/mol. The van der Waals surface area contributed by atoms with Gasteiger partial charge in [0.15, 0.2) is 5.78 Å². The van der Waals surface area contributed by atoms with E-state index in [0.29, 0.717) is 129 Å². The number of rotatable bonds is 67. The summed E-state index contributed by atoms with van der Waals surface area (Å²) >= 11 is 0. The highest BCUT2D eigenvalue weighted by atomic mass is 16.6. The van der Waals surface area contributed by atoms with Gasteiger partial charge in [-0.2, -0.15) is 0 Å². The maximum Gasteiger partial charge on any atom is 0.222 e. The lowest BCUT2D eigenvalue weighted by atomic mass is 9.80. The van der Waals surface area contributed by atoms with E-state index in [-0.39, 0.29) is 145 Å². The van der Waals surface area contributed by atoms with Gasteiger partial charge in [-0.15, -0.1) is 0 Å². The average Bonchev–Trinajstić information content (AvgIpc) is 0.786. The molecule has 0 saturated carbocycles. The molecule has 3 saturated heterocycles. The molecule has 7 unspecified atom stereocenters. The van der Waals surface area contributed by atoms with Crippen molar-refractivity contribution >= 4 is 58.5 Å². The van der Waals surface area contributed by atoms with Crippen LogP contribution in [0.25, 0.3) is 0 Å². The fourth-order valence-electron chi connectivity index (χ4n) is 15.7. The zero-order valence-corrected chi connectivity index (χ0v) is 76.9. The maximum absolute atomic E-state index is 13.8. The molecule has 0 aromatic rings. The number of hydrogen-bond donors (Lipinski definition) is 15. The van der Waals surface area contributed by atoms with Gasteiger partial charge in [0.25, 0.3) is 0 Å². The first-order valence-corrected chi connectivity index (χ1v) is 45.0. The van der Waals surface area contributed by atoms with Crippen molar-refractivity contribution in [2.75, 3.05) is 92.4 Å². The Morgan fingerprint density at radius 1 is 0.350 bits per heavy atom. The van der Waals surface area contributed by atoms with Gasteiger partial charge in [0.2, 0.25) is 29.5 Å². The van der Waals surface area contributed by atoms with Gasteiger partial charge >= 0.3 is 0 Å². The minimum atomic E-state index is -1.43. The molecule has 714 valence electrons. The molecule has 0 radical (unpaired) electrons. The van der Waals surface area contributed by atoms with Crippen LogP contribution in [0.5, 0.6) is 0 Å². The fourth-order valence-corrected chi connectivity index (χ4v) is 15.7. The lowest BCUT2D eigenvalue weighted by Crippen LogP contribution is -2.68. The number of ether oxygens (including phenoxy) is 9. The van der Waals surface area contributed by atoms with Gasteiger partial charge < -0.3 is 120 Å². The molecule has 3 fully saturated rings. The van der Waals surface area contributed by atoms with Gasteiger partial charge in [0.05, 0.1) is 99.9 Å². The van der Waals surface area contributed by atoms with Crippen LogP contribution < -0.4 is 31.9 Å². The second-order valence-corrected chi connectivity index (χ2v) is 37.4. The van der Waals surface area contributed by atoms with Crippen LogP contribution >= 0.6 is 0 Å². The third kappa shape index (κ3) is 39.8. The molecule has 15 N–H and O–H groups in total. The molecule has 5 amide bonds. The van der Waals surface area contributed by atoms with E-state index < -0.39 is 168 Å². The highest BCUT2D eigenvalue weighted by molar-refractivity contribution is 5.87. The molecule has 0 aromatic carbocycles. The standard InChI is InChI=1S/C89H160N6O28/c1-17-18-20-38-70(108)95-89(55-115-49-39-61(102)33-21-19-26-42-83(5,6)66(104)35-23-30-46-118-86(11,12)80-71(92-58(2)99)77(112)74(109)63(52-96)121-80,56-116-50-40-62(103)34-22-28-45-91-85(9,10)68(106)37-25-32-48-120-88(15,16)82-73(94-60(4)101)79(114)76(111)65(54-98)123-82)57-117-51-41-69(107)90-44-29-27-43-84(7,8)67(105)36-24-31-47-119-87(13,14)81-72(93-59(3)100)78(113)75(110)64(53-97)122-81/h63-65,71-82,91,96-98,109-114H,17-57H2,1-16H3,(H,90,107)(H,92,99)(H,93,100)(H,94,101)(H,95,108)/t63?,64?,65?,71?,72?,73?,74-,75-,76-,77+,78+,79+,80+,81+,82+,89?/m0/s1. The molecule has 3 heterocycles. The first-order chi connectivity index (χ1) is 57.7. The van der Waals surface area contributed by atoms with E-state index in [0.717, 1.165) is 12.8 Å². The predicted molar refractivity (Wildman–Crippen MR) is 458 cm³/mol. The van der Waals surface area contributed by atoms with Gasteiger partial charge in [0, 0.05) is 116 Å². The van der Waals surface area contributed by atoms with Crippen LogP contribution in [0, 0.1) is 10.8 Å². The zero-order chi connectivity index (χ0) is 92.5. The van der Waals surface area contributed by atoms with Crippen LogP contribution in [0.2, 0.25) is 0 Å². The number of amides is 5. The molecular formula is C89H160N6O28. The Balaban J connectivity index is 1.56. The first-order valence-electron chi connectivity index (χ1n) is 45.0. The summed E-state index contributed by atoms with van der Waals surface area (Å²) in [5.41, 5.74) is -6.61. The summed E-state index contributed by atoms with van der Waals surface area (Å²) in [4.78, 5) is 130. The van der Waals surface area contributed by atoms with Crippen molar-refractivity contribution < 1.29 is 137 Å². The lowest BCUT2D eigenvalue weighted by molar-refractivity contribution is -0.242. The molecule has 34 heteroatoms. The molecule has 0 aromatic heterocycles. The molecule has 0 bridgehead atoms. The van der Waals surface area contributed by atoms with E-state index in [1.54, 1.807) is 55.4 Å². The van der Waals surface area contributed by atoms with Gasteiger partial charge in [-0.25, -0.2) is 0 Å². The topological polar surface area (TPSA) is 508 Å². The molecule has 3 aliphatic rings. The maximum atomic E-state index is 13.8. The van der Waals surface area contributed by atoms with Crippen molar-refractivity contribution in [3.63, 3.8) is 0 Å². The SMILES string of the molecule is CCCCCC(=O)NC(COCCC(=O)CCCCCC(C)(C)C(=O)CCCCOC(C)(C)[C@@H]1OC(CO)[C@H](O)[C@H](O)C1NC(C)=O)(COCCC(=O)CCCCNC(C)(C)C(=O)CCCCOC(C)(C)[C@@H]1OC(CO)[C@H](O)[C@H](O)C1NC(C)=O)COCCC(=O)NCCCCC(C)(C)C(=O)CCCCOC(C)(C)[C@@H]1OC(CO)[C@H](O)[C@H](O)C1NC(C)=O. The summed E-state index contributed by atoms with van der Waals surface area (Å²) in [5.74, 6) is -1.80. The Kier molecular flexibility index (Phi) is 50.8. The van der Waals surface area contributed by atoms with Crippen molar-refractivity contribution in [3.05, 3.63) is 0 Å². The molecule has 34 nitrogen and oxygen atoms in total. The minimum Gasteiger partial charge on any atom is -0.394 e. The first kappa shape index (κ1) is 112. The summed E-state index contributed by atoms with van der Waals surface area (Å²) in [6.07, 6.45) is -1.68. The second-order valence-electron chi connectivity index (χ2n) is 37.4. The van der Waals surface area contributed by atoms with Gasteiger partial charge in [-0.05, 0) is 145 Å². The van der Waals surface area contributed by atoms with Gasteiger partial charge in [-0.1, -0.05) is 66.7 Å².